The second-order valence-corrected chi connectivity index (χ2v) is 7.09. The number of nitrogens with two attached hydrogens (primary N) is 1. The van der Waals surface area contributed by atoms with E-state index < -0.39 is 0 Å². The summed E-state index contributed by atoms with van der Waals surface area (Å²) in [5.41, 5.74) is 6.51. The summed E-state index contributed by atoms with van der Waals surface area (Å²) < 4.78 is 0. The van der Waals surface area contributed by atoms with Gasteiger partial charge in [0.25, 0.3) is 0 Å². The van der Waals surface area contributed by atoms with E-state index in [2.05, 4.69) is 26.1 Å². The van der Waals surface area contributed by atoms with Crippen LogP contribution in [0.25, 0.3) is 0 Å². The van der Waals surface area contributed by atoms with E-state index in [1.807, 2.05) is 0 Å². The highest BCUT2D eigenvalue weighted by atomic mass is 16.1. The zero-order valence-electron chi connectivity index (χ0n) is 11.4. The van der Waals surface area contributed by atoms with E-state index in [0.29, 0.717) is 11.8 Å². The molecule has 2 aliphatic rings. The molecule has 2 aliphatic carbocycles. The summed E-state index contributed by atoms with van der Waals surface area (Å²) in [5.74, 6) is 1.03. The van der Waals surface area contributed by atoms with Crippen LogP contribution in [0.3, 0.4) is 0 Å². The highest BCUT2D eigenvalue weighted by molar-refractivity contribution is 5.76. The second-order valence-electron chi connectivity index (χ2n) is 7.09. The molecule has 0 aliphatic heterocycles. The average molecular weight is 238 g/mol. The Labute approximate surface area is 105 Å². The van der Waals surface area contributed by atoms with E-state index in [4.69, 9.17) is 5.73 Å². The number of rotatable bonds is 5. The van der Waals surface area contributed by atoms with Crippen molar-refractivity contribution in [1.82, 2.24) is 5.32 Å². The Hall–Kier alpha value is -0.570. The predicted molar refractivity (Wildman–Crippen MR) is 69.4 cm³/mol. The van der Waals surface area contributed by atoms with Gasteiger partial charge in [-0.05, 0) is 42.4 Å². The molecule has 17 heavy (non-hydrogen) atoms. The molecule has 3 nitrogen and oxygen atoms in total. The first-order chi connectivity index (χ1) is 7.83. The van der Waals surface area contributed by atoms with Crippen LogP contribution in [0, 0.1) is 16.7 Å². The largest absolute Gasteiger partial charge is 0.355 e. The van der Waals surface area contributed by atoms with E-state index >= 15 is 0 Å². The summed E-state index contributed by atoms with van der Waals surface area (Å²) in [6.45, 7) is 7.12. The van der Waals surface area contributed by atoms with Gasteiger partial charge in [0.05, 0.1) is 0 Å². The molecule has 0 radical (unpaired) electrons. The van der Waals surface area contributed by atoms with Gasteiger partial charge in [-0.3, -0.25) is 4.79 Å². The van der Waals surface area contributed by atoms with Crippen LogP contribution < -0.4 is 11.1 Å². The minimum absolute atomic E-state index is 0.00506. The molecule has 0 saturated heterocycles. The normalized spacial score (nSPS) is 24.2. The van der Waals surface area contributed by atoms with Crippen LogP contribution in [0.1, 0.15) is 52.9 Å². The van der Waals surface area contributed by atoms with Gasteiger partial charge in [0.15, 0.2) is 0 Å². The molecule has 98 valence electrons. The quantitative estimate of drug-likeness (QED) is 0.770. The lowest BCUT2D eigenvalue weighted by atomic mass is 9.85. The Morgan fingerprint density at radius 1 is 1.41 bits per heavy atom. The molecule has 1 atom stereocenters. The van der Waals surface area contributed by atoms with Gasteiger partial charge in [0.1, 0.15) is 0 Å². The molecule has 1 unspecified atom stereocenters. The van der Waals surface area contributed by atoms with Crippen molar-refractivity contribution in [3.8, 4) is 0 Å². The van der Waals surface area contributed by atoms with Gasteiger partial charge >= 0.3 is 0 Å². The fourth-order valence-corrected chi connectivity index (χ4v) is 2.44. The van der Waals surface area contributed by atoms with Gasteiger partial charge in [-0.25, -0.2) is 0 Å². The zero-order valence-corrected chi connectivity index (χ0v) is 11.4. The maximum Gasteiger partial charge on any atom is 0.221 e. The van der Waals surface area contributed by atoms with Gasteiger partial charge in [-0.2, -0.15) is 0 Å². The second kappa shape index (κ2) is 4.27. The van der Waals surface area contributed by atoms with Gasteiger partial charge in [-0.15, -0.1) is 0 Å². The number of amides is 1. The maximum absolute atomic E-state index is 11.8. The van der Waals surface area contributed by atoms with Crippen molar-refractivity contribution in [2.24, 2.45) is 22.5 Å². The summed E-state index contributed by atoms with van der Waals surface area (Å²) in [7, 11) is 0. The first-order valence-corrected chi connectivity index (χ1v) is 6.86. The molecular weight excluding hydrogens is 212 g/mol. The average Bonchev–Trinajstić information content (AvgIpc) is 3.05. The van der Waals surface area contributed by atoms with Crippen molar-refractivity contribution in [3.05, 3.63) is 0 Å². The summed E-state index contributed by atoms with van der Waals surface area (Å²) in [6, 6.07) is -0.0569. The van der Waals surface area contributed by atoms with Crippen LogP contribution in [0.2, 0.25) is 0 Å². The number of hydrogen-bond acceptors (Lipinski definition) is 2. The molecule has 3 heteroatoms. The van der Waals surface area contributed by atoms with Crippen molar-refractivity contribution in [2.45, 2.75) is 58.9 Å². The number of hydrogen-bond donors (Lipinski definition) is 2. The van der Waals surface area contributed by atoms with Crippen molar-refractivity contribution in [2.75, 3.05) is 6.54 Å². The Bertz CT molecular complexity index is 298. The molecule has 0 heterocycles. The molecule has 0 spiro atoms. The van der Waals surface area contributed by atoms with Gasteiger partial charge in [0, 0.05) is 19.0 Å². The van der Waals surface area contributed by atoms with Crippen molar-refractivity contribution >= 4 is 5.91 Å². The van der Waals surface area contributed by atoms with Crippen LogP contribution in [-0.2, 0) is 4.79 Å². The molecule has 0 aromatic heterocycles. The minimum Gasteiger partial charge on any atom is -0.355 e. The maximum atomic E-state index is 11.8. The molecular formula is C14H26N2O. The lowest BCUT2D eigenvalue weighted by molar-refractivity contribution is -0.122. The lowest BCUT2D eigenvalue weighted by Gasteiger charge is -2.26. The van der Waals surface area contributed by atoms with Crippen LogP contribution in [0.15, 0.2) is 0 Å². The molecule has 0 aromatic carbocycles. The summed E-state index contributed by atoms with van der Waals surface area (Å²) >= 11 is 0. The molecule has 2 saturated carbocycles. The van der Waals surface area contributed by atoms with Crippen molar-refractivity contribution < 1.29 is 4.79 Å². The SMILES string of the molecule is CC(C)(C)C(N)CC(=O)NCC1(C2CC2)CC1. The first kappa shape index (κ1) is 12.9. The number of carbonyl (C=O) groups excluding carboxylic acids is 1. The molecule has 0 aromatic rings. The Morgan fingerprint density at radius 2 is 2.00 bits per heavy atom. The van der Waals surface area contributed by atoms with Gasteiger partial charge in [0.2, 0.25) is 5.91 Å². The van der Waals surface area contributed by atoms with Crippen LogP contribution in [0.5, 0.6) is 0 Å². The summed E-state index contributed by atoms with van der Waals surface area (Å²) in [6.07, 6.45) is 5.81. The monoisotopic (exact) mass is 238 g/mol. The van der Waals surface area contributed by atoms with Crippen LogP contribution in [-0.4, -0.2) is 18.5 Å². The Balaban J connectivity index is 1.71. The molecule has 1 amide bonds. The summed E-state index contributed by atoms with van der Waals surface area (Å²) in [5, 5.41) is 3.09. The van der Waals surface area contributed by atoms with E-state index in [0.717, 1.165) is 12.5 Å². The fraction of sp³-hybridized carbons (Fsp3) is 0.929. The lowest BCUT2D eigenvalue weighted by Crippen LogP contribution is -2.41. The first-order valence-electron chi connectivity index (χ1n) is 6.86. The van der Waals surface area contributed by atoms with E-state index in [1.165, 1.54) is 25.7 Å². The van der Waals surface area contributed by atoms with Gasteiger partial charge < -0.3 is 11.1 Å². The molecule has 0 bridgehead atoms. The van der Waals surface area contributed by atoms with E-state index in [1.54, 1.807) is 0 Å². The number of carbonyl (C=O) groups is 1. The molecule has 3 N–H and O–H groups in total. The Morgan fingerprint density at radius 3 is 2.41 bits per heavy atom. The Kier molecular flexibility index (Phi) is 3.23. The molecule has 2 fully saturated rings. The third kappa shape index (κ3) is 3.21. The predicted octanol–water partition coefficient (Wildman–Crippen LogP) is 2.06. The number of nitrogens with one attached hydrogen (secondary N) is 1. The highest BCUT2D eigenvalue weighted by Gasteiger charge is 2.53. The third-order valence-corrected chi connectivity index (χ3v) is 4.49. The minimum atomic E-state index is -0.0569. The van der Waals surface area contributed by atoms with Gasteiger partial charge in [-0.1, -0.05) is 20.8 Å². The van der Waals surface area contributed by atoms with Crippen molar-refractivity contribution in [1.29, 1.82) is 0 Å². The smallest absolute Gasteiger partial charge is 0.221 e. The highest BCUT2D eigenvalue weighted by Crippen LogP contribution is 2.60. The summed E-state index contributed by atoms with van der Waals surface area (Å²) in [4.78, 5) is 11.8. The van der Waals surface area contributed by atoms with Crippen molar-refractivity contribution in [3.63, 3.8) is 0 Å². The molecule has 2 rings (SSSR count). The topological polar surface area (TPSA) is 55.1 Å². The third-order valence-electron chi connectivity index (χ3n) is 4.49. The van der Waals surface area contributed by atoms with E-state index in [-0.39, 0.29) is 17.4 Å². The fourth-order valence-electron chi connectivity index (χ4n) is 2.44. The van der Waals surface area contributed by atoms with Crippen LogP contribution >= 0.6 is 0 Å². The standard InChI is InChI=1S/C14H26N2O/c1-13(2,3)11(15)8-12(17)16-9-14(6-7-14)10-4-5-10/h10-11H,4-9,15H2,1-3H3,(H,16,17). The van der Waals surface area contributed by atoms with E-state index in [9.17, 15) is 4.79 Å². The van der Waals surface area contributed by atoms with Crippen LogP contribution in [0.4, 0.5) is 0 Å². The zero-order chi connectivity index (χ0) is 12.7.